The number of rotatable bonds is 0. The first-order valence-corrected chi connectivity index (χ1v) is 4.30. The monoisotopic (exact) mass is 137 g/mol. The van der Waals surface area contributed by atoms with Crippen molar-refractivity contribution in [2.75, 3.05) is 0 Å². The Labute approximate surface area is 64.3 Å². The van der Waals surface area contributed by atoms with E-state index in [9.17, 15) is 0 Å². The first kappa shape index (κ1) is 7.84. The summed E-state index contributed by atoms with van der Waals surface area (Å²) < 4.78 is 0. The molecule has 57 valence electrons. The van der Waals surface area contributed by atoms with Crippen molar-refractivity contribution in [3.63, 3.8) is 0 Å². The topological polar surface area (TPSA) is 0 Å². The van der Waals surface area contributed by atoms with Crippen LogP contribution in [0.2, 0.25) is 0 Å². The molecule has 0 aromatic carbocycles. The number of allylic oxidation sites excluding steroid dienone is 2. The van der Waals surface area contributed by atoms with Gasteiger partial charge >= 0.3 is 0 Å². The standard InChI is InChI=1S/C10H17/c1-9-7-5-3-4-6-8-10(9)2/h5,7,9-10H,1,3-4,6,8H2,2H3. The summed E-state index contributed by atoms with van der Waals surface area (Å²) in [4.78, 5) is 0. The van der Waals surface area contributed by atoms with Gasteiger partial charge in [0.15, 0.2) is 0 Å². The van der Waals surface area contributed by atoms with Crippen molar-refractivity contribution in [1.82, 2.24) is 0 Å². The summed E-state index contributed by atoms with van der Waals surface area (Å²) >= 11 is 0. The van der Waals surface area contributed by atoms with E-state index in [4.69, 9.17) is 0 Å². The van der Waals surface area contributed by atoms with Crippen molar-refractivity contribution in [2.24, 2.45) is 11.8 Å². The summed E-state index contributed by atoms with van der Waals surface area (Å²) in [6.07, 6.45) is 9.93. The molecule has 0 saturated heterocycles. The van der Waals surface area contributed by atoms with Crippen LogP contribution in [0.15, 0.2) is 12.2 Å². The second-order valence-corrected chi connectivity index (χ2v) is 3.35. The van der Waals surface area contributed by atoms with E-state index in [0.29, 0.717) is 5.92 Å². The van der Waals surface area contributed by atoms with E-state index in [2.05, 4.69) is 26.0 Å². The molecule has 0 aromatic rings. The lowest BCUT2D eigenvalue weighted by Gasteiger charge is -2.17. The molecule has 0 amide bonds. The van der Waals surface area contributed by atoms with Crippen LogP contribution in [0.1, 0.15) is 32.6 Å². The summed E-state index contributed by atoms with van der Waals surface area (Å²) in [5.74, 6) is 1.34. The molecule has 10 heavy (non-hydrogen) atoms. The summed E-state index contributed by atoms with van der Waals surface area (Å²) in [6.45, 7) is 6.39. The lowest BCUT2D eigenvalue weighted by Crippen LogP contribution is -2.06. The largest absolute Gasteiger partial charge is 0.0882 e. The van der Waals surface area contributed by atoms with Crippen LogP contribution < -0.4 is 0 Å². The van der Waals surface area contributed by atoms with E-state index >= 15 is 0 Å². The molecule has 0 nitrogen and oxygen atoms in total. The molecule has 2 atom stereocenters. The first-order chi connectivity index (χ1) is 4.80. The van der Waals surface area contributed by atoms with Crippen LogP contribution in [0.25, 0.3) is 0 Å². The molecule has 0 aromatic heterocycles. The SMILES string of the molecule is [CH2]C1C=CCCCCC1C. The lowest BCUT2D eigenvalue weighted by molar-refractivity contribution is 0.428. The van der Waals surface area contributed by atoms with Crippen LogP contribution in [0.4, 0.5) is 0 Å². The predicted molar refractivity (Wildman–Crippen MR) is 45.6 cm³/mol. The Bertz CT molecular complexity index is 113. The van der Waals surface area contributed by atoms with Gasteiger partial charge in [-0.3, -0.25) is 0 Å². The third-order valence-electron chi connectivity index (χ3n) is 2.39. The molecule has 0 saturated carbocycles. The molecule has 1 rings (SSSR count). The Kier molecular flexibility index (Phi) is 2.98. The van der Waals surface area contributed by atoms with Crippen molar-refractivity contribution in [2.45, 2.75) is 32.6 Å². The van der Waals surface area contributed by atoms with Gasteiger partial charge in [0, 0.05) is 0 Å². The Hall–Kier alpha value is -0.260. The molecule has 1 aliphatic carbocycles. The maximum Gasteiger partial charge on any atom is -0.0208 e. The van der Waals surface area contributed by atoms with Gasteiger partial charge in [0.1, 0.15) is 0 Å². The average Bonchev–Trinajstić information content (AvgIpc) is 1.92. The van der Waals surface area contributed by atoms with Gasteiger partial charge in [-0.25, -0.2) is 0 Å². The highest BCUT2D eigenvalue weighted by molar-refractivity contribution is 4.93. The highest BCUT2D eigenvalue weighted by atomic mass is 14.1. The molecule has 0 heterocycles. The van der Waals surface area contributed by atoms with E-state index in [1.165, 1.54) is 25.7 Å². The zero-order valence-corrected chi connectivity index (χ0v) is 6.84. The third-order valence-corrected chi connectivity index (χ3v) is 2.39. The molecule has 2 unspecified atom stereocenters. The van der Waals surface area contributed by atoms with Crippen molar-refractivity contribution in [3.8, 4) is 0 Å². The van der Waals surface area contributed by atoms with Gasteiger partial charge in [-0.1, -0.05) is 31.9 Å². The van der Waals surface area contributed by atoms with Crippen LogP contribution >= 0.6 is 0 Å². The van der Waals surface area contributed by atoms with E-state index < -0.39 is 0 Å². The van der Waals surface area contributed by atoms with Crippen LogP contribution in [-0.4, -0.2) is 0 Å². The second-order valence-electron chi connectivity index (χ2n) is 3.35. The summed E-state index contributed by atoms with van der Waals surface area (Å²) in [5, 5.41) is 0. The van der Waals surface area contributed by atoms with Crippen LogP contribution in [0.3, 0.4) is 0 Å². The molecular weight excluding hydrogens is 120 g/mol. The third kappa shape index (κ3) is 2.17. The molecule has 1 aliphatic rings. The Morgan fingerprint density at radius 3 is 3.00 bits per heavy atom. The van der Waals surface area contributed by atoms with Crippen LogP contribution in [0.5, 0.6) is 0 Å². The van der Waals surface area contributed by atoms with E-state index in [-0.39, 0.29) is 0 Å². The van der Waals surface area contributed by atoms with Gasteiger partial charge in [0.05, 0.1) is 0 Å². The van der Waals surface area contributed by atoms with Crippen molar-refractivity contribution in [1.29, 1.82) is 0 Å². The zero-order chi connectivity index (χ0) is 7.40. The molecule has 0 bridgehead atoms. The molecule has 0 heteroatoms. The average molecular weight is 137 g/mol. The lowest BCUT2D eigenvalue weighted by atomic mass is 9.88. The van der Waals surface area contributed by atoms with Crippen molar-refractivity contribution < 1.29 is 0 Å². The van der Waals surface area contributed by atoms with Gasteiger partial charge in [0.2, 0.25) is 0 Å². The Morgan fingerprint density at radius 2 is 2.20 bits per heavy atom. The Morgan fingerprint density at radius 1 is 1.40 bits per heavy atom. The fourth-order valence-corrected chi connectivity index (χ4v) is 1.40. The summed E-state index contributed by atoms with van der Waals surface area (Å²) in [5.41, 5.74) is 0. The minimum Gasteiger partial charge on any atom is -0.0882 e. The fraction of sp³-hybridized carbons (Fsp3) is 0.700. The maximum atomic E-state index is 4.09. The van der Waals surface area contributed by atoms with Crippen molar-refractivity contribution >= 4 is 0 Å². The second kappa shape index (κ2) is 3.80. The molecule has 0 fully saturated rings. The number of hydrogen-bond acceptors (Lipinski definition) is 0. The predicted octanol–water partition coefficient (Wildman–Crippen LogP) is 3.20. The summed E-state index contributed by atoms with van der Waals surface area (Å²) in [7, 11) is 0. The molecule has 1 radical (unpaired) electrons. The quantitative estimate of drug-likeness (QED) is 0.450. The van der Waals surface area contributed by atoms with Gasteiger partial charge in [0.25, 0.3) is 0 Å². The smallest absolute Gasteiger partial charge is 0.0208 e. The highest BCUT2D eigenvalue weighted by Gasteiger charge is 2.09. The van der Waals surface area contributed by atoms with Crippen molar-refractivity contribution in [3.05, 3.63) is 19.1 Å². The molecule has 0 N–H and O–H groups in total. The molecule has 0 aliphatic heterocycles. The maximum absolute atomic E-state index is 4.09. The number of hydrogen-bond donors (Lipinski definition) is 0. The zero-order valence-electron chi connectivity index (χ0n) is 6.84. The van der Waals surface area contributed by atoms with Gasteiger partial charge < -0.3 is 0 Å². The van der Waals surface area contributed by atoms with E-state index in [0.717, 1.165) is 5.92 Å². The van der Waals surface area contributed by atoms with E-state index in [1.807, 2.05) is 0 Å². The Balaban J connectivity index is 2.44. The van der Waals surface area contributed by atoms with Crippen LogP contribution in [0, 0.1) is 18.8 Å². The molecule has 0 spiro atoms. The first-order valence-electron chi connectivity index (χ1n) is 4.30. The van der Waals surface area contributed by atoms with Gasteiger partial charge in [-0.15, -0.1) is 0 Å². The normalized spacial score (nSPS) is 35.0. The minimum absolute atomic E-state index is 0.556. The summed E-state index contributed by atoms with van der Waals surface area (Å²) in [6, 6.07) is 0. The molecular formula is C10H17. The van der Waals surface area contributed by atoms with E-state index in [1.54, 1.807) is 0 Å². The van der Waals surface area contributed by atoms with Crippen LogP contribution in [-0.2, 0) is 0 Å². The van der Waals surface area contributed by atoms with Gasteiger partial charge in [-0.2, -0.15) is 0 Å². The minimum atomic E-state index is 0.556. The highest BCUT2D eigenvalue weighted by Crippen LogP contribution is 2.21. The fourth-order valence-electron chi connectivity index (χ4n) is 1.40. The van der Waals surface area contributed by atoms with Gasteiger partial charge in [-0.05, 0) is 31.6 Å².